The van der Waals surface area contributed by atoms with Gasteiger partial charge in [0.2, 0.25) is 0 Å². The summed E-state index contributed by atoms with van der Waals surface area (Å²) in [4.78, 5) is 27.0. The molecule has 2 aromatic carbocycles. The monoisotopic (exact) mass is 410 g/mol. The van der Waals surface area contributed by atoms with E-state index in [2.05, 4.69) is 26.9 Å². The maximum Gasteiger partial charge on any atom is 0.439 e. The molecule has 0 saturated heterocycles. The number of H-pyrrole nitrogens is 1. The van der Waals surface area contributed by atoms with Crippen LogP contribution in [0, 0.1) is 0 Å². The Hall–Kier alpha value is -3.32. The molecule has 2 aromatic heterocycles. The van der Waals surface area contributed by atoms with Gasteiger partial charge in [-0.05, 0) is 36.8 Å². The zero-order chi connectivity index (χ0) is 20.4. The van der Waals surface area contributed by atoms with Crippen LogP contribution < -0.4 is 11.1 Å². The van der Waals surface area contributed by atoms with E-state index in [0.29, 0.717) is 22.0 Å². The number of fused-ring (bicyclic) bond motifs is 1. The molecule has 0 saturated carbocycles. The van der Waals surface area contributed by atoms with Gasteiger partial charge < -0.3 is 9.88 Å². The number of aryl methyl sites for hydroxylation is 1. The highest BCUT2D eigenvalue weighted by Gasteiger charge is 2.18. The maximum absolute atomic E-state index is 13.2. The minimum atomic E-state index is -0.683. The number of hydrogen-bond acceptors (Lipinski definition) is 4. The summed E-state index contributed by atoms with van der Waals surface area (Å²) in [7, 11) is 0. The lowest BCUT2D eigenvalue weighted by molar-refractivity contribution is 0.101. The van der Waals surface area contributed by atoms with Gasteiger partial charge in [0.1, 0.15) is 5.69 Å². The van der Waals surface area contributed by atoms with Crippen molar-refractivity contribution < 1.29 is 9.32 Å². The number of carbonyl (C=O) groups is 1. The summed E-state index contributed by atoms with van der Waals surface area (Å²) >= 11 is 6.10. The first kappa shape index (κ1) is 19.0. The Labute approximate surface area is 171 Å². The lowest BCUT2D eigenvalue weighted by atomic mass is 10.1. The number of amides is 1. The lowest BCUT2D eigenvalue weighted by Gasteiger charge is -2.12. The molecule has 8 heteroatoms. The predicted molar refractivity (Wildman–Crippen MR) is 112 cm³/mol. The van der Waals surface area contributed by atoms with Crippen molar-refractivity contribution in [1.29, 1.82) is 0 Å². The van der Waals surface area contributed by atoms with E-state index in [9.17, 15) is 9.59 Å². The molecule has 0 aliphatic carbocycles. The fourth-order valence-electron chi connectivity index (χ4n) is 3.31. The number of halogens is 1. The molecule has 4 aromatic rings. The Kier molecular flexibility index (Phi) is 5.22. The highest BCUT2D eigenvalue weighted by Crippen LogP contribution is 2.29. The van der Waals surface area contributed by atoms with Crippen LogP contribution in [0.25, 0.3) is 22.3 Å². The fourth-order valence-corrected chi connectivity index (χ4v) is 3.48. The SMILES string of the molecule is CCCCn1c(C(=O)Nc2ccc(Cl)cc2-c2noc(=O)[nH]2)cc2ccccc21. The van der Waals surface area contributed by atoms with Crippen molar-refractivity contribution in [1.82, 2.24) is 14.7 Å². The molecule has 0 fully saturated rings. The zero-order valence-electron chi connectivity index (χ0n) is 15.7. The molecular weight excluding hydrogens is 392 g/mol. The molecule has 4 rings (SSSR count). The third kappa shape index (κ3) is 3.82. The summed E-state index contributed by atoms with van der Waals surface area (Å²) < 4.78 is 6.62. The Balaban J connectivity index is 1.73. The molecule has 148 valence electrons. The van der Waals surface area contributed by atoms with Gasteiger partial charge in [-0.2, -0.15) is 0 Å². The summed E-state index contributed by atoms with van der Waals surface area (Å²) in [6, 6.07) is 14.7. The number of unbranched alkanes of at least 4 members (excludes halogenated alkanes) is 1. The first-order valence-electron chi connectivity index (χ1n) is 9.32. The van der Waals surface area contributed by atoms with Crippen molar-refractivity contribution in [2.75, 3.05) is 5.32 Å². The average molecular weight is 411 g/mol. The summed E-state index contributed by atoms with van der Waals surface area (Å²) in [5.74, 6) is -0.747. The van der Waals surface area contributed by atoms with Crippen LogP contribution in [0.5, 0.6) is 0 Å². The normalized spacial score (nSPS) is 11.1. The maximum atomic E-state index is 13.2. The van der Waals surface area contributed by atoms with Crippen molar-refractivity contribution in [2.45, 2.75) is 26.3 Å². The van der Waals surface area contributed by atoms with E-state index in [-0.39, 0.29) is 11.7 Å². The minimum Gasteiger partial charge on any atom is -0.336 e. The van der Waals surface area contributed by atoms with Crippen LogP contribution in [0.3, 0.4) is 0 Å². The van der Waals surface area contributed by atoms with Crippen molar-refractivity contribution >= 4 is 34.1 Å². The van der Waals surface area contributed by atoms with E-state index in [1.807, 2.05) is 34.9 Å². The third-order valence-corrected chi connectivity index (χ3v) is 4.94. The van der Waals surface area contributed by atoms with Crippen LogP contribution >= 0.6 is 11.6 Å². The van der Waals surface area contributed by atoms with Gasteiger partial charge >= 0.3 is 5.76 Å². The number of benzene rings is 2. The number of hydrogen-bond donors (Lipinski definition) is 2. The largest absolute Gasteiger partial charge is 0.439 e. The smallest absolute Gasteiger partial charge is 0.336 e. The number of nitrogens with one attached hydrogen (secondary N) is 2. The molecule has 0 unspecified atom stereocenters. The van der Waals surface area contributed by atoms with Crippen LogP contribution in [0.4, 0.5) is 5.69 Å². The van der Waals surface area contributed by atoms with Crippen LogP contribution in [0.1, 0.15) is 30.3 Å². The molecule has 7 nitrogen and oxygen atoms in total. The van der Waals surface area contributed by atoms with Crippen LogP contribution in [0.2, 0.25) is 5.02 Å². The van der Waals surface area contributed by atoms with Crippen molar-refractivity contribution in [3.05, 3.63) is 69.8 Å². The van der Waals surface area contributed by atoms with Gasteiger partial charge in [-0.15, -0.1) is 0 Å². The summed E-state index contributed by atoms with van der Waals surface area (Å²) in [5, 5.41) is 8.07. The van der Waals surface area contributed by atoms with Crippen molar-refractivity contribution in [3.63, 3.8) is 0 Å². The van der Waals surface area contributed by atoms with Crippen molar-refractivity contribution in [3.8, 4) is 11.4 Å². The van der Waals surface area contributed by atoms with Crippen LogP contribution in [0.15, 0.2) is 57.8 Å². The molecule has 2 heterocycles. The van der Waals surface area contributed by atoms with Gasteiger partial charge in [-0.1, -0.05) is 48.3 Å². The van der Waals surface area contributed by atoms with E-state index < -0.39 is 5.76 Å². The number of carbonyl (C=O) groups excluding carboxylic acids is 1. The fraction of sp³-hybridized carbons (Fsp3) is 0.190. The number of anilines is 1. The predicted octanol–water partition coefficient (Wildman–Crippen LogP) is 4.69. The molecule has 29 heavy (non-hydrogen) atoms. The molecular formula is C21H19ClN4O3. The number of aromatic amines is 1. The molecule has 0 aliphatic rings. The quantitative estimate of drug-likeness (QED) is 0.482. The highest BCUT2D eigenvalue weighted by molar-refractivity contribution is 6.31. The molecule has 0 radical (unpaired) electrons. The van der Waals surface area contributed by atoms with Gasteiger partial charge in [0.15, 0.2) is 5.82 Å². The van der Waals surface area contributed by atoms with E-state index in [0.717, 1.165) is 30.3 Å². The second-order valence-corrected chi connectivity index (χ2v) is 7.12. The van der Waals surface area contributed by atoms with Gasteiger partial charge in [0.25, 0.3) is 5.91 Å². The third-order valence-electron chi connectivity index (χ3n) is 4.70. The van der Waals surface area contributed by atoms with E-state index in [4.69, 9.17) is 11.6 Å². The zero-order valence-corrected chi connectivity index (χ0v) is 16.5. The van der Waals surface area contributed by atoms with Crippen molar-refractivity contribution in [2.24, 2.45) is 0 Å². The van der Waals surface area contributed by atoms with E-state index in [1.54, 1.807) is 18.2 Å². The molecule has 2 N–H and O–H groups in total. The Morgan fingerprint density at radius 2 is 2.07 bits per heavy atom. The standard InChI is InChI=1S/C21H19ClN4O3/c1-2-3-10-26-17-7-5-4-6-13(17)11-18(26)20(27)23-16-9-8-14(22)12-15(16)19-24-21(28)29-25-19/h4-9,11-12H,2-3,10H2,1H3,(H,23,27)(H,24,25,28). The van der Waals surface area contributed by atoms with E-state index >= 15 is 0 Å². The second-order valence-electron chi connectivity index (χ2n) is 6.68. The molecule has 1 amide bonds. The van der Waals surface area contributed by atoms with Gasteiger partial charge in [-0.25, -0.2) is 4.79 Å². The first-order valence-corrected chi connectivity index (χ1v) is 9.70. The van der Waals surface area contributed by atoms with E-state index in [1.165, 1.54) is 0 Å². The number of aromatic nitrogens is 3. The topological polar surface area (TPSA) is 92.9 Å². The van der Waals surface area contributed by atoms with Gasteiger partial charge in [0, 0.05) is 28.0 Å². The lowest BCUT2D eigenvalue weighted by Crippen LogP contribution is -2.17. The molecule has 0 atom stereocenters. The van der Waals surface area contributed by atoms with Gasteiger partial charge in [0.05, 0.1) is 5.69 Å². The Morgan fingerprint density at radius 3 is 2.83 bits per heavy atom. The highest BCUT2D eigenvalue weighted by atomic mass is 35.5. The van der Waals surface area contributed by atoms with Crippen LogP contribution in [-0.4, -0.2) is 20.6 Å². The Bertz CT molecular complexity index is 1240. The molecule has 0 aliphatic heterocycles. The second kappa shape index (κ2) is 7.97. The summed E-state index contributed by atoms with van der Waals surface area (Å²) in [6.07, 6.45) is 1.99. The summed E-state index contributed by atoms with van der Waals surface area (Å²) in [6.45, 7) is 2.86. The number of para-hydroxylation sites is 1. The first-order chi connectivity index (χ1) is 14.1. The van der Waals surface area contributed by atoms with Crippen LogP contribution in [-0.2, 0) is 6.54 Å². The molecule has 0 bridgehead atoms. The average Bonchev–Trinajstić information content (AvgIpc) is 3.31. The Morgan fingerprint density at radius 1 is 1.24 bits per heavy atom. The minimum absolute atomic E-state index is 0.194. The number of nitrogens with zero attached hydrogens (tertiary/aromatic N) is 2. The number of rotatable bonds is 6. The van der Waals surface area contributed by atoms with Gasteiger partial charge in [-0.3, -0.25) is 14.3 Å². The summed E-state index contributed by atoms with van der Waals surface area (Å²) in [5.41, 5.74) is 2.52. The molecule has 0 spiro atoms.